The van der Waals surface area contributed by atoms with Crippen molar-refractivity contribution in [3.8, 4) is 23.2 Å². The third kappa shape index (κ3) is 15.2. The number of hydrogen-bond acceptors (Lipinski definition) is 16. The summed E-state index contributed by atoms with van der Waals surface area (Å²) < 4.78 is 40.6. The van der Waals surface area contributed by atoms with Gasteiger partial charge in [-0.3, -0.25) is 24.0 Å². The molecular weight excluding hydrogens is 817 g/mol. The van der Waals surface area contributed by atoms with E-state index < -0.39 is 48.4 Å². The fourth-order valence-corrected chi connectivity index (χ4v) is 7.64. The molecule has 1 aliphatic rings. The zero-order valence-corrected chi connectivity index (χ0v) is 37.9. The zero-order valence-electron chi connectivity index (χ0n) is 37.9. The number of esters is 2. The lowest BCUT2D eigenvalue weighted by Crippen LogP contribution is -2.39. The van der Waals surface area contributed by atoms with E-state index in [0.717, 1.165) is 0 Å². The average Bonchev–Trinajstić information content (AvgIpc) is 4.05. The van der Waals surface area contributed by atoms with E-state index in [1.165, 1.54) is 30.6 Å². The lowest BCUT2D eigenvalue weighted by molar-refractivity contribution is -0.160. The van der Waals surface area contributed by atoms with Gasteiger partial charge in [-0.25, -0.2) is 15.0 Å². The van der Waals surface area contributed by atoms with Crippen LogP contribution >= 0.6 is 0 Å². The Morgan fingerprint density at radius 2 is 1.70 bits per heavy atom. The Morgan fingerprint density at radius 3 is 2.40 bits per heavy atom. The molecule has 3 aromatic rings. The third-order valence-corrected chi connectivity index (χ3v) is 11.7. The molecule has 0 unspecified atom stereocenters. The van der Waals surface area contributed by atoms with Gasteiger partial charge >= 0.3 is 11.9 Å². The Balaban J connectivity index is 1.51. The number of nitrogens with zero attached hydrogens (tertiary/aromatic N) is 4. The number of fused-ring (bicyclic) bond motifs is 8. The first-order valence-corrected chi connectivity index (χ1v) is 21.6. The molecule has 1 aliphatic heterocycles. The van der Waals surface area contributed by atoms with Gasteiger partial charge in [0.05, 0.1) is 36.3 Å². The first-order valence-electron chi connectivity index (χ1n) is 21.6. The molecule has 1 amide bonds. The summed E-state index contributed by atoms with van der Waals surface area (Å²) in [6.07, 6.45) is 10.4. The van der Waals surface area contributed by atoms with Crippen molar-refractivity contribution < 1.29 is 61.3 Å². The van der Waals surface area contributed by atoms with Crippen LogP contribution in [0.3, 0.4) is 0 Å². The highest BCUT2D eigenvalue weighted by molar-refractivity contribution is 5.82. The number of rotatable bonds is 15. The molecule has 3 aromatic heterocycles. The minimum atomic E-state index is -1.03. The number of aliphatic hydroxyl groups excluding tert-OH is 1. The highest BCUT2D eigenvalue weighted by Crippen LogP contribution is 2.31. The highest BCUT2D eigenvalue weighted by Gasteiger charge is 2.35. The van der Waals surface area contributed by atoms with Gasteiger partial charge in [0, 0.05) is 77.8 Å². The summed E-state index contributed by atoms with van der Waals surface area (Å²) in [5, 5.41) is 10.9. The lowest BCUT2D eigenvalue weighted by Gasteiger charge is -2.34. The Kier molecular flexibility index (Phi) is 19.6. The van der Waals surface area contributed by atoms with E-state index in [1.807, 2.05) is 33.8 Å². The summed E-state index contributed by atoms with van der Waals surface area (Å²) in [6.45, 7) is 10.6. The van der Waals surface area contributed by atoms with Gasteiger partial charge in [0.25, 0.3) is 0 Å². The summed E-state index contributed by atoms with van der Waals surface area (Å²) in [7, 11) is 4.72. The Bertz CT molecular complexity index is 2000. The van der Waals surface area contributed by atoms with Crippen molar-refractivity contribution in [2.24, 2.45) is 23.7 Å². The molecule has 17 heteroatoms. The molecule has 0 saturated heterocycles. The summed E-state index contributed by atoms with van der Waals surface area (Å²) in [4.78, 5) is 77.9. The van der Waals surface area contributed by atoms with Crippen LogP contribution in [0.1, 0.15) is 117 Å². The topological polar surface area (TPSA) is 224 Å². The molecule has 346 valence electrons. The maximum Gasteiger partial charge on any atom is 0.308 e. The molecule has 0 radical (unpaired) electrons. The zero-order chi connectivity index (χ0) is 46.2. The monoisotopic (exact) mass is 880 g/mol. The molecule has 4 rings (SSSR count). The van der Waals surface area contributed by atoms with Crippen molar-refractivity contribution in [1.82, 2.24) is 19.9 Å². The maximum absolute atomic E-state index is 13.6. The number of oxazole rings is 3. The van der Waals surface area contributed by atoms with Crippen molar-refractivity contribution in [3.63, 3.8) is 0 Å². The van der Waals surface area contributed by atoms with Gasteiger partial charge in [0.2, 0.25) is 24.1 Å². The number of Topliss-reactive ketones (excluding diaryl/α,β-unsaturated/α-hetero) is 2. The second kappa shape index (κ2) is 24.5. The number of hydrogen-bond donors (Lipinski definition) is 1. The normalized spacial score (nSPS) is 23.6. The molecule has 63 heavy (non-hydrogen) atoms. The van der Waals surface area contributed by atoms with Gasteiger partial charge < -0.3 is 42.2 Å². The fraction of sp³-hybridized carbons (Fsp3) is 0.609. The maximum atomic E-state index is 13.6. The average molecular weight is 881 g/mol. The van der Waals surface area contributed by atoms with Gasteiger partial charge in [-0.15, -0.1) is 0 Å². The molecule has 6 bridgehead atoms. The summed E-state index contributed by atoms with van der Waals surface area (Å²) >= 11 is 0. The summed E-state index contributed by atoms with van der Waals surface area (Å²) in [6, 6.07) is 0. The van der Waals surface area contributed by atoms with Gasteiger partial charge in [-0.1, -0.05) is 46.8 Å². The number of carbonyl (C=O) groups is 5. The van der Waals surface area contributed by atoms with Crippen LogP contribution in [0.4, 0.5) is 0 Å². The van der Waals surface area contributed by atoms with Crippen molar-refractivity contribution >= 4 is 36.0 Å². The van der Waals surface area contributed by atoms with E-state index in [-0.39, 0.29) is 85.5 Å². The standard InChI is InChI=1S/C46H64N4O13/c1-27(16-17-38(55)30(4)44(62-32(6)52)28(2)18-19-50(7)26-51)40(58-9)22-41-31(5)39(57-8)14-11-15-42-47-36(24-59-42)45-49-37(25-61-45)46-48-35(23-60-46)29(3)20-33(53)12-10-13-34(54)21-43(56)63-41/h11,15,18-19,23-31,34,39-41,44,54H,10,12-14,16-17,20-22H2,1-9H3/b15-11+,19-18+/t27-,28+,29-,30-,31+,34-,39-,40-,41-,44+/m0/s1. The van der Waals surface area contributed by atoms with Gasteiger partial charge in [0.15, 0.2) is 11.4 Å². The smallest absolute Gasteiger partial charge is 0.308 e. The van der Waals surface area contributed by atoms with Gasteiger partial charge in [0.1, 0.15) is 42.6 Å². The Morgan fingerprint density at radius 1 is 1.00 bits per heavy atom. The number of ketones is 2. The van der Waals surface area contributed by atoms with Crippen LogP contribution in [0.25, 0.3) is 29.2 Å². The molecule has 0 fully saturated rings. The van der Waals surface area contributed by atoms with Crippen LogP contribution in [0, 0.1) is 23.7 Å². The molecule has 0 aliphatic carbocycles. The molecule has 17 nitrogen and oxygen atoms in total. The number of aliphatic hydroxyl groups is 1. The predicted octanol–water partition coefficient (Wildman–Crippen LogP) is 7.14. The highest BCUT2D eigenvalue weighted by atomic mass is 16.6. The second-order valence-corrected chi connectivity index (χ2v) is 16.7. The molecule has 0 aromatic carbocycles. The van der Waals surface area contributed by atoms with E-state index in [9.17, 15) is 29.1 Å². The number of carbonyl (C=O) groups excluding carboxylic acids is 5. The van der Waals surface area contributed by atoms with E-state index in [0.29, 0.717) is 48.6 Å². The number of cyclic esters (lactones) is 1. The summed E-state index contributed by atoms with van der Waals surface area (Å²) in [5.74, 6) is -2.28. The number of amides is 1. The Labute approximate surface area is 369 Å². The van der Waals surface area contributed by atoms with Crippen LogP contribution < -0.4 is 0 Å². The van der Waals surface area contributed by atoms with Crippen LogP contribution in [-0.4, -0.2) is 107 Å². The quantitative estimate of drug-likeness (QED) is 0.118. The van der Waals surface area contributed by atoms with Gasteiger partial charge in [-0.2, -0.15) is 0 Å². The van der Waals surface area contributed by atoms with E-state index in [1.54, 1.807) is 46.5 Å². The van der Waals surface area contributed by atoms with Crippen molar-refractivity contribution in [1.29, 1.82) is 0 Å². The molecule has 0 saturated carbocycles. The van der Waals surface area contributed by atoms with Crippen LogP contribution in [0.5, 0.6) is 0 Å². The van der Waals surface area contributed by atoms with Crippen molar-refractivity contribution in [3.05, 3.63) is 48.7 Å². The van der Waals surface area contributed by atoms with Crippen LogP contribution in [-0.2, 0) is 42.9 Å². The van der Waals surface area contributed by atoms with Crippen LogP contribution in [0.2, 0.25) is 0 Å². The first-order chi connectivity index (χ1) is 30.0. The molecular formula is C46H64N4O13. The third-order valence-electron chi connectivity index (χ3n) is 11.7. The van der Waals surface area contributed by atoms with Crippen LogP contribution in [0.15, 0.2) is 50.4 Å². The fourth-order valence-electron chi connectivity index (χ4n) is 7.64. The minimum Gasteiger partial charge on any atom is -0.462 e. The molecule has 4 heterocycles. The number of methoxy groups -OCH3 is 2. The lowest BCUT2D eigenvalue weighted by atomic mass is 9.84. The largest absolute Gasteiger partial charge is 0.462 e. The Hall–Kier alpha value is -5.26. The second-order valence-electron chi connectivity index (χ2n) is 16.7. The van der Waals surface area contributed by atoms with E-state index >= 15 is 0 Å². The molecule has 10 atom stereocenters. The van der Waals surface area contributed by atoms with E-state index in [2.05, 4.69) is 15.0 Å². The minimum absolute atomic E-state index is 0.0167. The number of ether oxygens (including phenoxy) is 4. The van der Waals surface area contributed by atoms with Gasteiger partial charge in [-0.05, 0) is 37.7 Å². The summed E-state index contributed by atoms with van der Waals surface area (Å²) in [5.41, 5.74) is 1.30. The van der Waals surface area contributed by atoms with E-state index in [4.69, 9.17) is 32.2 Å². The van der Waals surface area contributed by atoms with Crippen molar-refractivity contribution in [2.75, 3.05) is 21.3 Å². The predicted molar refractivity (Wildman–Crippen MR) is 229 cm³/mol. The first kappa shape index (κ1) is 50.4. The number of aromatic nitrogens is 3. The molecule has 0 spiro atoms. The molecule has 1 N–H and O–H groups in total. The SMILES string of the molecule is CO[C@H]1C/C=C/c2nc(co2)-c2nc(co2)-c2nc(co2)[C@@H](C)CC(=O)CCC[C@H](O)CC(=O)O[C@@H](C[C@H](OC)[C@@H](C)CCC(=O)[C@H](C)[C@H](OC(C)=O)[C@H](C)/C=C/N(C)C=O)[C@@H]1C. The van der Waals surface area contributed by atoms with Crippen molar-refractivity contribution in [2.45, 2.75) is 136 Å².